The highest BCUT2D eigenvalue weighted by atomic mass is 16.4. The van der Waals surface area contributed by atoms with Gasteiger partial charge in [-0.3, -0.25) is 4.79 Å². The highest BCUT2D eigenvalue weighted by molar-refractivity contribution is 5.72. The summed E-state index contributed by atoms with van der Waals surface area (Å²) in [6, 6.07) is 1.91. The molecule has 0 aliphatic carbocycles. The first-order valence-corrected chi connectivity index (χ1v) is 4.67. The molecule has 2 atom stereocenters. The summed E-state index contributed by atoms with van der Waals surface area (Å²) >= 11 is 0. The third-order valence-electron chi connectivity index (χ3n) is 2.65. The molecule has 1 fully saturated rings. The summed E-state index contributed by atoms with van der Waals surface area (Å²) in [5.74, 6) is -0.365. The summed E-state index contributed by atoms with van der Waals surface area (Å²) in [6.45, 7) is 3.15. The van der Waals surface area contributed by atoms with Gasteiger partial charge in [-0.25, -0.2) is 0 Å². The Balaban J connectivity index is 2.21. The Labute approximate surface area is 81.9 Å². The molecular formula is C10H13NO3. The van der Waals surface area contributed by atoms with Crippen molar-refractivity contribution >= 4 is 5.97 Å². The van der Waals surface area contributed by atoms with Gasteiger partial charge in [0, 0.05) is 19.0 Å². The zero-order chi connectivity index (χ0) is 10.1. The second kappa shape index (κ2) is 3.46. The van der Waals surface area contributed by atoms with Gasteiger partial charge >= 0.3 is 5.97 Å². The number of aryl methyl sites for hydroxylation is 1. The van der Waals surface area contributed by atoms with Crippen molar-refractivity contribution in [1.29, 1.82) is 0 Å². The minimum atomic E-state index is -0.756. The van der Waals surface area contributed by atoms with Crippen molar-refractivity contribution in [1.82, 2.24) is 5.32 Å². The van der Waals surface area contributed by atoms with Crippen molar-refractivity contribution < 1.29 is 14.3 Å². The van der Waals surface area contributed by atoms with E-state index in [-0.39, 0.29) is 11.8 Å². The van der Waals surface area contributed by atoms with Gasteiger partial charge in [0.05, 0.1) is 12.2 Å². The van der Waals surface area contributed by atoms with Gasteiger partial charge in [0.2, 0.25) is 0 Å². The molecule has 4 heteroatoms. The lowest BCUT2D eigenvalue weighted by Gasteiger charge is -2.10. The Morgan fingerprint density at radius 3 is 3.00 bits per heavy atom. The Morgan fingerprint density at radius 1 is 1.64 bits per heavy atom. The molecule has 0 spiro atoms. The Morgan fingerprint density at radius 2 is 2.43 bits per heavy atom. The number of hydrogen-bond donors (Lipinski definition) is 2. The van der Waals surface area contributed by atoms with Gasteiger partial charge in [0.25, 0.3) is 0 Å². The van der Waals surface area contributed by atoms with Crippen LogP contribution in [0.25, 0.3) is 0 Å². The minimum absolute atomic E-state index is 0.0267. The average Bonchev–Trinajstić information content (AvgIpc) is 2.70. The number of rotatable bonds is 2. The van der Waals surface area contributed by atoms with E-state index in [0.29, 0.717) is 13.1 Å². The molecule has 0 bridgehead atoms. The molecule has 0 radical (unpaired) electrons. The number of hydrogen-bond acceptors (Lipinski definition) is 3. The first-order valence-electron chi connectivity index (χ1n) is 4.67. The number of carbonyl (C=O) groups is 1. The van der Waals surface area contributed by atoms with E-state index in [4.69, 9.17) is 9.52 Å². The molecule has 1 aromatic heterocycles. The van der Waals surface area contributed by atoms with E-state index in [1.165, 1.54) is 0 Å². The van der Waals surface area contributed by atoms with E-state index in [0.717, 1.165) is 11.3 Å². The lowest BCUT2D eigenvalue weighted by molar-refractivity contribution is -0.141. The van der Waals surface area contributed by atoms with Gasteiger partial charge in [0.1, 0.15) is 5.76 Å². The predicted octanol–water partition coefficient (Wildman–Crippen LogP) is 0.976. The minimum Gasteiger partial charge on any atom is -0.481 e. The zero-order valence-electron chi connectivity index (χ0n) is 7.99. The van der Waals surface area contributed by atoms with Crippen LogP contribution in [0.1, 0.15) is 17.2 Å². The number of nitrogens with one attached hydrogen (secondary N) is 1. The fraction of sp³-hybridized carbons (Fsp3) is 0.500. The molecule has 1 aromatic rings. The van der Waals surface area contributed by atoms with Crippen LogP contribution >= 0.6 is 0 Å². The highest BCUT2D eigenvalue weighted by Crippen LogP contribution is 2.29. The summed E-state index contributed by atoms with van der Waals surface area (Å²) < 4.78 is 5.33. The van der Waals surface area contributed by atoms with E-state index < -0.39 is 5.97 Å². The molecule has 76 valence electrons. The van der Waals surface area contributed by atoms with Crippen molar-refractivity contribution in [3.8, 4) is 0 Å². The van der Waals surface area contributed by atoms with Crippen LogP contribution < -0.4 is 5.32 Å². The Hall–Kier alpha value is -1.29. The lowest BCUT2D eigenvalue weighted by Crippen LogP contribution is -2.20. The van der Waals surface area contributed by atoms with Crippen LogP contribution in [0, 0.1) is 12.8 Å². The number of carboxylic acids is 1. The lowest BCUT2D eigenvalue weighted by atomic mass is 9.94. The molecule has 0 aromatic carbocycles. The van der Waals surface area contributed by atoms with Crippen LogP contribution in [0.5, 0.6) is 0 Å². The second-order valence-electron chi connectivity index (χ2n) is 3.74. The van der Waals surface area contributed by atoms with E-state index in [9.17, 15) is 4.79 Å². The molecular weight excluding hydrogens is 182 g/mol. The van der Waals surface area contributed by atoms with Crippen LogP contribution in [0.4, 0.5) is 0 Å². The molecule has 2 unspecified atom stereocenters. The molecule has 2 heterocycles. The SMILES string of the molecule is Cc1coc(C2CNCC2C(=O)O)c1. The third-order valence-corrected chi connectivity index (χ3v) is 2.65. The summed E-state index contributed by atoms with van der Waals surface area (Å²) in [5.41, 5.74) is 1.04. The van der Waals surface area contributed by atoms with Crippen molar-refractivity contribution in [3.05, 3.63) is 23.7 Å². The maximum absolute atomic E-state index is 10.9. The Bertz CT molecular complexity index is 345. The maximum atomic E-state index is 10.9. The fourth-order valence-electron chi connectivity index (χ4n) is 1.89. The molecule has 2 N–H and O–H groups in total. The summed E-state index contributed by atoms with van der Waals surface area (Å²) in [7, 11) is 0. The van der Waals surface area contributed by atoms with Gasteiger partial charge < -0.3 is 14.8 Å². The largest absolute Gasteiger partial charge is 0.481 e. The van der Waals surface area contributed by atoms with Gasteiger partial charge in [-0.1, -0.05) is 0 Å². The van der Waals surface area contributed by atoms with Crippen molar-refractivity contribution in [2.45, 2.75) is 12.8 Å². The van der Waals surface area contributed by atoms with Gasteiger partial charge in [-0.05, 0) is 18.6 Å². The summed E-state index contributed by atoms with van der Waals surface area (Å²) in [4.78, 5) is 10.9. The monoisotopic (exact) mass is 195 g/mol. The molecule has 14 heavy (non-hydrogen) atoms. The fourth-order valence-corrected chi connectivity index (χ4v) is 1.89. The number of furan rings is 1. The second-order valence-corrected chi connectivity index (χ2v) is 3.74. The molecule has 4 nitrogen and oxygen atoms in total. The van der Waals surface area contributed by atoms with E-state index in [1.54, 1.807) is 6.26 Å². The maximum Gasteiger partial charge on any atom is 0.308 e. The van der Waals surface area contributed by atoms with E-state index in [2.05, 4.69) is 5.32 Å². The van der Waals surface area contributed by atoms with Gasteiger partial charge in [0.15, 0.2) is 0 Å². The summed E-state index contributed by atoms with van der Waals surface area (Å²) in [6.07, 6.45) is 1.66. The molecule has 0 saturated carbocycles. The Kier molecular flexibility index (Phi) is 2.29. The molecule has 1 saturated heterocycles. The van der Waals surface area contributed by atoms with E-state index in [1.807, 2.05) is 13.0 Å². The number of carboxylic acid groups (broad SMARTS) is 1. The molecule has 1 aliphatic heterocycles. The quantitative estimate of drug-likeness (QED) is 0.738. The normalized spacial score (nSPS) is 26.6. The van der Waals surface area contributed by atoms with Crippen LogP contribution in [0.3, 0.4) is 0 Å². The third kappa shape index (κ3) is 1.53. The molecule has 1 aliphatic rings. The van der Waals surface area contributed by atoms with E-state index >= 15 is 0 Å². The van der Waals surface area contributed by atoms with Crippen LogP contribution in [-0.4, -0.2) is 24.2 Å². The average molecular weight is 195 g/mol. The topological polar surface area (TPSA) is 62.5 Å². The van der Waals surface area contributed by atoms with Gasteiger partial charge in [-0.2, -0.15) is 0 Å². The standard InChI is InChI=1S/C10H13NO3/c1-6-2-9(14-5-6)7-3-11-4-8(7)10(12)13/h2,5,7-8,11H,3-4H2,1H3,(H,12,13). The zero-order valence-corrected chi connectivity index (χ0v) is 7.99. The van der Waals surface area contributed by atoms with Crippen molar-refractivity contribution in [3.63, 3.8) is 0 Å². The van der Waals surface area contributed by atoms with Crippen LogP contribution in [0.2, 0.25) is 0 Å². The first-order chi connectivity index (χ1) is 6.68. The van der Waals surface area contributed by atoms with Gasteiger partial charge in [-0.15, -0.1) is 0 Å². The van der Waals surface area contributed by atoms with Crippen LogP contribution in [-0.2, 0) is 4.79 Å². The summed E-state index contributed by atoms with van der Waals surface area (Å²) in [5, 5.41) is 12.0. The molecule has 0 amide bonds. The molecule has 2 rings (SSSR count). The van der Waals surface area contributed by atoms with Crippen LogP contribution in [0.15, 0.2) is 16.7 Å². The highest BCUT2D eigenvalue weighted by Gasteiger charge is 2.35. The predicted molar refractivity (Wildman–Crippen MR) is 50.2 cm³/mol. The smallest absolute Gasteiger partial charge is 0.308 e. The first kappa shape index (κ1) is 9.27. The number of aliphatic carboxylic acids is 1. The van der Waals surface area contributed by atoms with Crippen molar-refractivity contribution in [2.24, 2.45) is 5.92 Å². The van der Waals surface area contributed by atoms with Crippen molar-refractivity contribution in [2.75, 3.05) is 13.1 Å².